The van der Waals surface area contributed by atoms with Gasteiger partial charge in [-0.1, -0.05) is 11.6 Å². The SMILES string of the molecule is Cc1cc(-n2[nH]c3c(cnc4ccc(Cl)cc43)c2=O)cs1. The summed E-state index contributed by atoms with van der Waals surface area (Å²) in [5.74, 6) is 0. The number of pyridine rings is 1. The first-order chi connectivity index (χ1) is 10.1. The van der Waals surface area contributed by atoms with E-state index in [-0.39, 0.29) is 5.56 Å². The van der Waals surface area contributed by atoms with E-state index in [0.29, 0.717) is 10.4 Å². The Bertz CT molecular complexity index is 1040. The number of aryl methyl sites for hydroxylation is 1. The summed E-state index contributed by atoms with van der Waals surface area (Å²) < 4.78 is 1.55. The predicted octanol–water partition coefficient (Wildman–Crippen LogP) is 3.89. The van der Waals surface area contributed by atoms with Gasteiger partial charge in [0, 0.05) is 26.9 Å². The molecule has 4 aromatic rings. The second kappa shape index (κ2) is 4.44. The summed E-state index contributed by atoms with van der Waals surface area (Å²) >= 11 is 7.67. The minimum Gasteiger partial charge on any atom is -0.290 e. The zero-order chi connectivity index (χ0) is 14.6. The van der Waals surface area contributed by atoms with E-state index in [1.807, 2.05) is 30.5 Å². The number of nitrogens with zero attached hydrogens (tertiary/aromatic N) is 2. The topological polar surface area (TPSA) is 50.7 Å². The molecule has 0 unspecified atom stereocenters. The van der Waals surface area contributed by atoms with Crippen molar-refractivity contribution in [3.63, 3.8) is 0 Å². The lowest BCUT2D eigenvalue weighted by Gasteiger charge is -1.99. The molecule has 1 aromatic carbocycles. The van der Waals surface area contributed by atoms with E-state index in [9.17, 15) is 4.79 Å². The van der Waals surface area contributed by atoms with Gasteiger partial charge in [0.2, 0.25) is 0 Å². The van der Waals surface area contributed by atoms with Crippen molar-refractivity contribution in [3.05, 3.63) is 56.1 Å². The van der Waals surface area contributed by atoms with Crippen LogP contribution in [0.2, 0.25) is 5.02 Å². The summed E-state index contributed by atoms with van der Waals surface area (Å²) in [5, 5.41) is 7.16. The summed E-state index contributed by atoms with van der Waals surface area (Å²) in [6.45, 7) is 2.01. The molecule has 3 heterocycles. The Kier molecular flexibility index (Phi) is 2.67. The second-order valence-electron chi connectivity index (χ2n) is 4.88. The summed E-state index contributed by atoms with van der Waals surface area (Å²) in [6.07, 6.45) is 1.61. The number of halogens is 1. The van der Waals surface area contributed by atoms with Gasteiger partial charge >= 0.3 is 0 Å². The average molecular weight is 316 g/mol. The fraction of sp³-hybridized carbons (Fsp3) is 0.0667. The van der Waals surface area contributed by atoms with Crippen molar-refractivity contribution in [2.45, 2.75) is 6.92 Å². The number of thiophene rings is 1. The molecule has 0 amide bonds. The lowest BCUT2D eigenvalue weighted by atomic mass is 10.2. The molecule has 4 nitrogen and oxygen atoms in total. The molecule has 0 radical (unpaired) electrons. The molecule has 0 saturated heterocycles. The number of nitrogens with one attached hydrogen (secondary N) is 1. The van der Waals surface area contributed by atoms with E-state index in [4.69, 9.17) is 11.6 Å². The lowest BCUT2D eigenvalue weighted by molar-refractivity contribution is 0.868. The van der Waals surface area contributed by atoms with Crippen LogP contribution in [0.5, 0.6) is 0 Å². The Hall–Kier alpha value is -2.11. The maximum atomic E-state index is 12.5. The summed E-state index contributed by atoms with van der Waals surface area (Å²) in [7, 11) is 0. The third-order valence-electron chi connectivity index (χ3n) is 3.46. The van der Waals surface area contributed by atoms with Crippen molar-refractivity contribution in [1.29, 1.82) is 0 Å². The molecule has 21 heavy (non-hydrogen) atoms. The first kappa shape index (κ1) is 12.6. The van der Waals surface area contributed by atoms with Crippen molar-refractivity contribution in [2.75, 3.05) is 0 Å². The Morgan fingerprint density at radius 1 is 1.29 bits per heavy atom. The first-order valence-corrected chi connectivity index (χ1v) is 7.64. The Morgan fingerprint density at radius 3 is 2.90 bits per heavy atom. The Morgan fingerprint density at radius 2 is 2.14 bits per heavy atom. The summed E-state index contributed by atoms with van der Waals surface area (Å²) in [6, 6.07) is 7.44. The van der Waals surface area contributed by atoms with E-state index in [1.54, 1.807) is 28.3 Å². The molecule has 6 heteroatoms. The Balaban J connectivity index is 2.12. The molecule has 0 aliphatic rings. The number of fused-ring (bicyclic) bond motifs is 3. The zero-order valence-electron chi connectivity index (χ0n) is 11.1. The molecule has 3 aromatic heterocycles. The monoisotopic (exact) mass is 315 g/mol. The number of benzene rings is 1. The van der Waals surface area contributed by atoms with Crippen LogP contribution >= 0.6 is 22.9 Å². The Labute approximate surface area is 128 Å². The van der Waals surface area contributed by atoms with Crippen molar-refractivity contribution in [2.24, 2.45) is 0 Å². The predicted molar refractivity (Wildman–Crippen MR) is 86.8 cm³/mol. The van der Waals surface area contributed by atoms with Gasteiger partial charge in [0.1, 0.15) is 0 Å². The molecule has 0 bridgehead atoms. The highest BCUT2D eigenvalue weighted by molar-refractivity contribution is 7.10. The van der Waals surface area contributed by atoms with Crippen molar-refractivity contribution >= 4 is 44.7 Å². The number of aromatic amines is 1. The number of H-pyrrole nitrogens is 1. The van der Waals surface area contributed by atoms with Crippen LogP contribution in [0.25, 0.3) is 27.5 Å². The van der Waals surface area contributed by atoms with Crippen LogP contribution in [0.15, 0.2) is 40.6 Å². The lowest BCUT2D eigenvalue weighted by Crippen LogP contribution is -2.13. The summed E-state index contributed by atoms with van der Waals surface area (Å²) in [5.41, 5.74) is 2.31. The third kappa shape index (κ3) is 1.89. The van der Waals surface area contributed by atoms with Gasteiger partial charge in [-0.3, -0.25) is 14.9 Å². The molecule has 104 valence electrons. The number of rotatable bonds is 1. The molecule has 1 N–H and O–H groups in total. The highest BCUT2D eigenvalue weighted by Crippen LogP contribution is 2.24. The maximum absolute atomic E-state index is 12.5. The van der Waals surface area contributed by atoms with E-state index >= 15 is 0 Å². The summed E-state index contributed by atoms with van der Waals surface area (Å²) in [4.78, 5) is 18.0. The first-order valence-electron chi connectivity index (χ1n) is 6.38. The van der Waals surface area contributed by atoms with Crippen molar-refractivity contribution in [1.82, 2.24) is 14.8 Å². The van der Waals surface area contributed by atoms with E-state index in [1.165, 1.54) is 0 Å². The number of aromatic nitrogens is 3. The van der Waals surface area contributed by atoms with E-state index in [0.717, 1.165) is 27.0 Å². The van der Waals surface area contributed by atoms with Gasteiger partial charge in [-0.2, -0.15) is 0 Å². The maximum Gasteiger partial charge on any atom is 0.280 e. The quantitative estimate of drug-likeness (QED) is 0.579. The second-order valence-corrected chi connectivity index (χ2v) is 6.43. The minimum absolute atomic E-state index is 0.0998. The van der Waals surface area contributed by atoms with E-state index in [2.05, 4.69) is 10.1 Å². The molecule has 0 fully saturated rings. The van der Waals surface area contributed by atoms with Gasteiger partial charge in [-0.25, -0.2) is 4.68 Å². The molecule has 0 aliphatic carbocycles. The molecule has 4 rings (SSSR count). The molecule has 0 saturated carbocycles. The van der Waals surface area contributed by atoms with Crippen molar-refractivity contribution in [3.8, 4) is 5.69 Å². The van der Waals surface area contributed by atoms with Crippen LogP contribution in [0.1, 0.15) is 4.88 Å². The van der Waals surface area contributed by atoms with Gasteiger partial charge < -0.3 is 0 Å². The van der Waals surface area contributed by atoms with Gasteiger partial charge in [0.25, 0.3) is 5.56 Å². The largest absolute Gasteiger partial charge is 0.290 e. The number of hydrogen-bond acceptors (Lipinski definition) is 3. The van der Waals surface area contributed by atoms with E-state index < -0.39 is 0 Å². The smallest absolute Gasteiger partial charge is 0.280 e. The normalized spacial score (nSPS) is 11.5. The third-order valence-corrected chi connectivity index (χ3v) is 4.55. The fourth-order valence-corrected chi connectivity index (χ4v) is 3.30. The molecular weight excluding hydrogens is 306 g/mol. The molecule has 0 aliphatic heterocycles. The van der Waals surface area contributed by atoms with Gasteiger partial charge in [0.05, 0.1) is 22.1 Å². The minimum atomic E-state index is -0.0998. The van der Waals surface area contributed by atoms with Crippen LogP contribution < -0.4 is 5.56 Å². The highest BCUT2D eigenvalue weighted by Gasteiger charge is 2.12. The molecular formula is C15H10ClN3OS. The zero-order valence-corrected chi connectivity index (χ0v) is 12.6. The molecule has 0 spiro atoms. The highest BCUT2D eigenvalue weighted by atomic mass is 35.5. The van der Waals surface area contributed by atoms with Crippen LogP contribution in [-0.4, -0.2) is 14.8 Å². The molecule has 0 atom stereocenters. The number of hydrogen-bond donors (Lipinski definition) is 1. The van der Waals surface area contributed by atoms with Gasteiger partial charge in [-0.15, -0.1) is 11.3 Å². The van der Waals surface area contributed by atoms with Crippen LogP contribution in [-0.2, 0) is 0 Å². The fourth-order valence-electron chi connectivity index (χ4n) is 2.46. The average Bonchev–Trinajstić information content (AvgIpc) is 3.03. The standard InChI is InChI=1S/C15H10ClN3OS/c1-8-4-10(7-21-8)19-15(20)12-6-17-13-3-2-9(16)5-11(13)14(12)18-19/h2-7,18H,1H3. The van der Waals surface area contributed by atoms with Crippen LogP contribution in [0, 0.1) is 6.92 Å². The van der Waals surface area contributed by atoms with Gasteiger partial charge in [0.15, 0.2) is 0 Å². The van der Waals surface area contributed by atoms with Gasteiger partial charge in [-0.05, 0) is 31.2 Å². The van der Waals surface area contributed by atoms with Crippen LogP contribution in [0.3, 0.4) is 0 Å². The van der Waals surface area contributed by atoms with Crippen LogP contribution in [0.4, 0.5) is 0 Å². The van der Waals surface area contributed by atoms with Crippen molar-refractivity contribution < 1.29 is 0 Å².